The van der Waals surface area contributed by atoms with Gasteiger partial charge in [-0.15, -0.1) is 0 Å². The fourth-order valence-corrected chi connectivity index (χ4v) is 5.35. The summed E-state index contributed by atoms with van der Waals surface area (Å²) in [5.41, 5.74) is -0.472. The van der Waals surface area contributed by atoms with Crippen molar-refractivity contribution in [1.29, 1.82) is 5.26 Å². The number of hydrogen-bond acceptors (Lipinski definition) is 6. The van der Waals surface area contributed by atoms with Crippen LogP contribution in [0, 0.1) is 11.3 Å². The standard InChI is InChI=1S/C20H19F3N2O4S/c1-19(30(26,27)14-5-3-4-13(8-14)20(21,22)23)6-7-29-17(9-19)16-11-25-12-18(28-2)15(16)10-24/h3-5,8,11-12,17H,6-7,9H2,1-2H3. The summed E-state index contributed by atoms with van der Waals surface area (Å²) in [5, 5.41) is 9.50. The monoisotopic (exact) mass is 440 g/mol. The van der Waals surface area contributed by atoms with Crippen LogP contribution in [-0.2, 0) is 20.8 Å². The Kier molecular flexibility index (Phi) is 5.80. The zero-order valence-electron chi connectivity index (χ0n) is 16.2. The predicted octanol–water partition coefficient (Wildman–Crippen LogP) is 4.06. The Balaban J connectivity index is 2.01. The number of pyridine rings is 1. The van der Waals surface area contributed by atoms with Crippen LogP contribution in [0.4, 0.5) is 13.2 Å². The van der Waals surface area contributed by atoms with Crippen molar-refractivity contribution in [2.24, 2.45) is 0 Å². The smallest absolute Gasteiger partial charge is 0.416 e. The van der Waals surface area contributed by atoms with E-state index in [-0.39, 0.29) is 30.8 Å². The molecule has 0 amide bonds. The molecule has 1 saturated heterocycles. The number of nitrogens with zero attached hydrogens (tertiary/aromatic N) is 2. The molecule has 1 aromatic heterocycles. The molecule has 1 fully saturated rings. The van der Waals surface area contributed by atoms with E-state index in [2.05, 4.69) is 4.98 Å². The normalized spacial score (nSPS) is 22.3. The van der Waals surface area contributed by atoms with E-state index >= 15 is 0 Å². The molecule has 6 nitrogen and oxygen atoms in total. The minimum Gasteiger partial charge on any atom is -0.494 e. The molecule has 0 spiro atoms. The summed E-state index contributed by atoms with van der Waals surface area (Å²) in [4.78, 5) is 3.62. The van der Waals surface area contributed by atoms with E-state index in [1.807, 2.05) is 6.07 Å². The van der Waals surface area contributed by atoms with Crippen LogP contribution >= 0.6 is 0 Å². The first-order valence-electron chi connectivity index (χ1n) is 8.99. The van der Waals surface area contributed by atoms with Gasteiger partial charge in [0.05, 0.1) is 34.6 Å². The van der Waals surface area contributed by atoms with Crippen LogP contribution in [0.5, 0.6) is 5.75 Å². The van der Waals surface area contributed by atoms with Gasteiger partial charge in [0.25, 0.3) is 0 Å². The third kappa shape index (κ3) is 3.87. The van der Waals surface area contributed by atoms with Crippen LogP contribution in [0.25, 0.3) is 0 Å². The molecule has 2 aromatic rings. The molecule has 30 heavy (non-hydrogen) atoms. The Morgan fingerprint density at radius 1 is 1.33 bits per heavy atom. The van der Waals surface area contributed by atoms with Crippen LogP contribution in [0.3, 0.4) is 0 Å². The van der Waals surface area contributed by atoms with Crippen molar-refractivity contribution >= 4 is 9.84 Å². The molecule has 0 bridgehead atoms. The number of benzene rings is 1. The maximum atomic E-state index is 13.3. The van der Waals surface area contributed by atoms with Gasteiger partial charge in [0, 0.05) is 18.4 Å². The van der Waals surface area contributed by atoms with Crippen LogP contribution in [0.2, 0.25) is 0 Å². The van der Waals surface area contributed by atoms with E-state index in [0.717, 1.165) is 18.2 Å². The number of ether oxygens (including phenoxy) is 2. The van der Waals surface area contributed by atoms with Crippen LogP contribution < -0.4 is 4.74 Å². The van der Waals surface area contributed by atoms with E-state index in [4.69, 9.17) is 9.47 Å². The third-order valence-corrected chi connectivity index (χ3v) is 7.85. The van der Waals surface area contributed by atoms with Crippen molar-refractivity contribution in [3.05, 3.63) is 53.3 Å². The summed E-state index contributed by atoms with van der Waals surface area (Å²) in [6, 6.07) is 5.73. The highest BCUT2D eigenvalue weighted by molar-refractivity contribution is 7.92. The molecule has 2 atom stereocenters. The minimum atomic E-state index is -4.65. The van der Waals surface area contributed by atoms with Crippen LogP contribution in [-0.4, -0.2) is 31.9 Å². The van der Waals surface area contributed by atoms with E-state index in [9.17, 15) is 26.9 Å². The van der Waals surface area contributed by atoms with Gasteiger partial charge in [-0.2, -0.15) is 18.4 Å². The van der Waals surface area contributed by atoms with E-state index in [1.54, 1.807) is 0 Å². The zero-order valence-corrected chi connectivity index (χ0v) is 17.0. The summed E-state index contributed by atoms with van der Waals surface area (Å²) >= 11 is 0. The first-order chi connectivity index (χ1) is 14.0. The second-order valence-electron chi connectivity index (χ2n) is 7.21. The summed E-state index contributed by atoms with van der Waals surface area (Å²) < 4.78 is 75.3. The second-order valence-corrected chi connectivity index (χ2v) is 9.67. The first-order valence-corrected chi connectivity index (χ1v) is 10.5. The minimum absolute atomic E-state index is 0.0465. The van der Waals surface area contributed by atoms with Gasteiger partial charge in [-0.05, 0) is 38.0 Å². The number of halogens is 3. The van der Waals surface area contributed by atoms with Gasteiger partial charge in [-0.25, -0.2) is 8.42 Å². The maximum absolute atomic E-state index is 13.3. The number of rotatable bonds is 4. The first kappa shape index (κ1) is 22.1. The molecule has 0 N–H and O–H groups in total. The van der Waals surface area contributed by atoms with E-state index in [0.29, 0.717) is 11.6 Å². The number of sulfone groups is 1. The van der Waals surface area contributed by atoms with Crippen molar-refractivity contribution in [1.82, 2.24) is 4.98 Å². The summed E-state index contributed by atoms with van der Waals surface area (Å²) in [7, 11) is -2.75. The molecular weight excluding hydrogens is 421 g/mol. The van der Waals surface area contributed by atoms with Gasteiger partial charge in [0.15, 0.2) is 15.6 Å². The summed E-state index contributed by atoms with van der Waals surface area (Å²) in [6.45, 7) is 1.54. The molecule has 0 aliphatic carbocycles. The molecule has 10 heteroatoms. The molecule has 2 heterocycles. The predicted molar refractivity (Wildman–Crippen MR) is 100 cm³/mol. The molecule has 1 aliphatic rings. The summed E-state index contributed by atoms with van der Waals surface area (Å²) in [6.07, 6.45) is -2.60. The number of alkyl halides is 3. The van der Waals surface area contributed by atoms with Crippen molar-refractivity contribution in [3.8, 4) is 11.8 Å². The summed E-state index contributed by atoms with van der Waals surface area (Å²) in [5.74, 6) is 0.228. The number of hydrogen-bond donors (Lipinski definition) is 0. The molecule has 1 aromatic carbocycles. The average Bonchev–Trinajstić information content (AvgIpc) is 2.72. The highest BCUT2D eigenvalue weighted by Crippen LogP contribution is 2.44. The lowest BCUT2D eigenvalue weighted by molar-refractivity contribution is -0.137. The molecule has 3 rings (SSSR count). The fourth-order valence-electron chi connectivity index (χ4n) is 3.51. The van der Waals surface area contributed by atoms with Crippen molar-refractivity contribution in [3.63, 3.8) is 0 Å². The van der Waals surface area contributed by atoms with Gasteiger partial charge in [0.1, 0.15) is 11.6 Å². The highest BCUT2D eigenvalue weighted by atomic mass is 32.2. The maximum Gasteiger partial charge on any atom is 0.416 e. The molecule has 0 radical (unpaired) electrons. The van der Waals surface area contributed by atoms with Crippen LogP contribution in [0.1, 0.15) is 42.6 Å². The average molecular weight is 440 g/mol. The van der Waals surface area contributed by atoms with Gasteiger partial charge in [-0.3, -0.25) is 4.98 Å². The quantitative estimate of drug-likeness (QED) is 0.712. The largest absolute Gasteiger partial charge is 0.494 e. The SMILES string of the molecule is COc1cncc(C2CC(C)(S(=O)(=O)c3cccc(C(F)(F)F)c3)CCO2)c1C#N. The third-order valence-electron chi connectivity index (χ3n) is 5.31. The van der Waals surface area contributed by atoms with Gasteiger partial charge < -0.3 is 9.47 Å². The van der Waals surface area contributed by atoms with E-state index in [1.165, 1.54) is 26.4 Å². The van der Waals surface area contributed by atoms with Gasteiger partial charge >= 0.3 is 6.18 Å². The van der Waals surface area contributed by atoms with Crippen molar-refractivity contribution in [2.75, 3.05) is 13.7 Å². The van der Waals surface area contributed by atoms with E-state index < -0.39 is 37.3 Å². The Bertz CT molecular complexity index is 1100. The second kappa shape index (κ2) is 7.89. The van der Waals surface area contributed by atoms with Crippen molar-refractivity contribution in [2.45, 2.75) is 41.7 Å². The molecule has 1 aliphatic heterocycles. The van der Waals surface area contributed by atoms with Crippen LogP contribution in [0.15, 0.2) is 41.6 Å². The Morgan fingerprint density at radius 3 is 2.70 bits per heavy atom. The topological polar surface area (TPSA) is 89.3 Å². The lowest BCUT2D eigenvalue weighted by Crippen LogP contribution is -2.42. The Labute approximate surface area is 172 Å². The van der Waals surface area contributed by atoms with Gasteiger partial charge in [0.2, 0.25) is 0 Å². The molecule has 160 valence electrons. The Morgan fingerprint density at radius 2 is 2.07 bits per heavy atom. The molecule has 2 unspecified atom stereocenters. The highest BCUT2D eigenvalue weighted by Gasteiger charge is 2.46. The zero-order chi connectivity index (χ0) is 22.2. The number of methoxy groups -OCH3 is 1. The number of aromatic nitrogens is 1. The number of nitriles is 1. The van der Waals surface area contributed by atoms with Gasteiger partial charge in [-0.1, -0.05) is 6.07 Å². The molecular formula is C20H19F3N2O4S. The van der Waals surface area contributed by atoms with Crippen molar-refractivity contribution < 1.29 is 31.1 Å². The fraction of sp³-hybridized carbons (Fsp3) is 0.400. The lowest BCUT2D eigenvalue weighted by atomic mass is 9.91. The Hall–Kier alpha value is -2.64. The molecule has 0 saturated carbocycles. The lowest BCUT2D eigenvalue weighted by Gasteiger charge is -2.38.